The highest BCUT2D eigenvalue weighted by Gasteiger charge is 2.37. The van der Waals surface area contributed by atoms with Gasteiger partial charge in [-0.2, -0.15) is 0 Å². The molecule has 0 amide bonds. The maximum atomic E-state index is 12.9. The zero-order valence-electron chi connectivity index (χ0n) is 24.3. The highest BCUT2D eigenvalue weighted by atomic mass is 16.5. The van der Waals surface area contributed by atoms with E-state index in [1.54, 1.807) is 24.3 Å². The van der Waals surface area contributed by atoms with Crippen LogP contribution in [0.4, 0.5) is 0 Å². The Balaban J connectivity index is 1.52. The highest BCUT2D eigenvalue weighted by Crippen LogP contribution is 2.49. The Kier molecular flexibility index (Phi) is 10.7. The van der Waals surface area contributed by atoms with Crippen LogP contribution >= 0.6 is 0 Å². The van der Waals surface area contributed by atoms with Gasteiger partial charge in [-0.1, -0.05) is 55.7 Å². The van der Waals surface area contributed by atoms with Crippen molar-refractivity contribution >= 4 is 5.78 Å². The van der Waals surface area contributed by atoms with Gasteiger partial charge in [0, 0.05) is 12.8 Å². The molecular formula is C34H43NO7. The number of ether oxygens (including phenoxy) is 2. The van der Waals surface area contributed by atoms with E-state index in [4.69, 9.17) is 15.2 Å². The highest BCUT2D eigenvalue weighted by molar-refractivity contribution is 5.79. The minimum atomic E-state index is -0.892. The molecule has 1 saturated carbocycles. The molecule has 0 spiro atoms. The monoisotopic (exact) mass is 577 g/mol. The smallest absolute Gasteiger partial charge is 0.200 e. The summed E-state index contributed by atoms with van der Waals surface area (Å²) in [4.78, 5) is 12.9. The molecule has 1 fully saturated rings. The van der Waals surface area contributed by atoms with Crippen LogP contribution in [-0.4, -0.2) is 46.2 Å². The lowest BCUT2D eigenvalue weighted by Crippen LogP contribution is -2.32. The van der Waals surface area contributed by atoms with Gasteiger partial charge in [-0.05, 0) is 84.4 Å². The molecule has 3 aromatic carbocycles. The van der Waals surface area contributed by atoms with Crippen LogP contribution < -0.4 is 15.2 Å². The van der Waals surface area contributed by atoms with Crippen molar-refractivity contribution in [3.05, 3.63) is 77.4 Å². The van der Waals surface area contributed by atoms with Gasteiger partial charge in [0.05, 0.1) is 13.2 Å². The van der Waals surface area contributed by atoms with Gasteiger partial charge >= 0.3 is 0 Å². The SMILES string of the molecule is COc1cc([C@H](C[C@@H](O)CC(=O)CCc2ccc(O)c(OCN)c2)CC2(c3ccccc3)CCCCC2)cc(O)c1O. The molecule has 0 unspecified atom stereocenters. The number of aliphatic hydroxyl groups is 1. The van der Waals surface area contributed by atoms with Crippen LogP contribution in [-0.2, 0) is 16.6 Å². The van der Waals surface area contributed by atoms with Gasteiger partial charge in [0.2, 0.25) is 5.75 Å². The maximum absolute atomic E-state index is 12.9. The number of carbonyl (C=O) groups is 1. The molecule has 1 aliphatic carbocycles. The number of rotatable bonds is 14. The number of Topliss-reactive ketones (excluding diaryl/α,β-unsaturated/α-hetero) is 1. The van der Waals surface area contributed by atoms with Gasteiger partial charge in [0.1, 0.15) is 12.5 Å². The summed E-state index contributed by atoms with van der Waals surface area (Å²) in [5.41, 5.74) is 8.17. The quantitative estimate of drug-likeness (QED) is 0.119. The van der Waals surface area contributed by atoms with Gasteiger partial charge < -0.3 is 29.9 Å². The lowest BCUT2D eigenvalue weighted by atomic mass is 9.63. The molecule has 0 bridgehead atoms. The fourth-order valence-electron chi connectivity index (χ4n) is 6.42. The molecule has 0 radical (unpaired) electrons. The second-order valence-electron chi connectivity index (χ2n) is 11.4. The number of ketones is 1. The Morgan fingerprint density at radius 3 is 2.38 bits per heavy atom. The zero-order chi connectivity index (χ0) is 30.1. The first-order valence-corrected chi connectivity index (χ1v) is 14.7. The first-order valence-electron chi connectivity index (χ1n) is 14.7. The Bertz CT molecular complexity index is 1320. The van der Waals surface area contributed by atoms with Crippen LogP contribution in [0.3, 0.4) is 0 Å². The Morgan fingerprint density at radius 2 is 1.69 bits per heavy atom. The number of aryl methyl sites for hydroxylation is 1. The van der Waals surface area contributed by atoms with E-state index in [0.717, 1.165) is 43.2 Å². The topological polar surface area (TPSA) is 142 Å². The summed E-state index contributed by atoms with van der Waals surface area (Å²) in [6.07, 6.45) is 6.28. The van der Waals surface area contributed by atoms with Crippen molar-refractivity contribution in [2.45, 2.75) is 81.6 Å². The second-order valence-corrected chi connectivity index (χ2v) is 11.4. The van der Waals surface area contributed by atoms with Gasteiger partial charge in [-0.25, -0.2) is 0 Å². The normalized spacial score (nSPS) is 16.0. The number of methoxy groups -OCH3 is 1. The number of aromatic hydroxyl groups is 3. The molecule has 0 heterocycles. The molecule has 8 nitrogen and oxygen atoms in total. The van der Waals surface area contributed by atoms with E-state index in [-0.39, 0.29) is 65.4 Å². The fraction of sp³-hybridized carbons (Fsp3) is 0.441. The molecule has 226 valence electrons. The summed E-state index contributed by atoms with van der Waals surface area (Å²) < 4.78 is 10.6. The summed E-state index contributed by atoms with van der Waals surface area (Å²) in [6, 6.07) is 18.7. The standard InChI is InChI=1S/C34H43NO7/c1-41-32-19-24(18-30(39)33(32)40)25(21-34(14-6-3-7-15-34)26-8-4-2-5-9-26)17-28(37)20-27(36)12-10-23-11-13-29(38)31(16-23)42-22-35/h2,4-5,8-9,11,13,16,18-19,25,28,37-40H,3,6-7,10,12,14-15,17,20-22,35H2,1H3/t25-,28-/m1/s1. The minimum absolute atomic E-state index is 0.000276. The number of phenols is 3. The number of hydrogen-bond donors (Lipinski definition) is 5. The van der Waals surface area contributed by atoms with Crippen LogP contribution in [0.2, 0.25) is 0 Å². The summed E-state index contributed by atoms with van der Waals surface area (Å²) in [5.74, 6) is -0.431. The third-order valence-electron chi connectivity index (χ3n) is 8.58. The molecule has 0 saturated heterocycles. The Hall–Kier alpha value is -3.75. The summed E-state index contributed by atoms with van der Waals surface area (Å²) >= 11 is 0. The van der Waals surface area contributed by atoms with Crippen LogP contribution in [0.5, 0.6) is 28.7 Å². The second kappa shape index (κ2) is 14.4. The lowest BCUT2D eigenvalue weighted by molar-refractivity contribution is -0.121. The molecule has 0 aromatic heterocycles. The van der Waals surface area contributed by atoms with E-state index < -0.39 is 6.10 Å². The first kappa shape index (κ1) is 31.2. The molecule has 6 N–H and O–H groups in total. The van der Waals surface area contributed by atoms with E-state index in [1.165, 1.54) is 25.2 Å². The Labute approximate surface area is 247 Å². The first-order chi connectivity index (χ1) is 20.2. The van der Waals surface area contributed by atoms with Crippen LogP contribution in [0.1, 0.15) is 80.4 Å². The minimum Gasteiger partial charge on any atom is -0.504 e. The molecule has 3 aromatic rings. The van der Waals surface area contributed by atoms with E-state index in [1.807, 2.05) is 6.07 Å². The molecular weight excluding hydrogens is 534 g/mol. The van der Waals surface area contributed by atoms with Crippen molar-refractivity contribution in [2.75, 3.05) is 13.8 Å². The van der Waals surface area contributed by atoms with Crippen molar-refractivity contribution in [3.8, 4) is 28.7 Å². The lowest BCUT2D eigenvalue weighted by Gasteiger charge is -2.41. The van der Waals surface area contributed by atoms with E-state index in [9.17, 15) is 25.2 Å². The molecule has 0 aliphatic heterocycles. The van der Waals surface area contributed by atoms with Gasteiger partial charge in [0.15, 0.2) is 23.0 Å². The number of nitrogens with two attached hydrogens (primary N) is 1. The average Bonchev–Trinajstić information content (AvgIpc) is 2.99. The summed E-state index contributed by atoms with van der Waals surface area (Å²) in [5, 5.41) is 41.9. The third kappa shape index (κ3) is 7.75. The van der Waals surface area contributed by atoms with Crippen molar-refractivity contribution in [1.29, 1.82) is 0 Å². The third-order valence-corrected chi connectivity index (χ3v) is 8.58. The van der Waals surface area contributed by atoms with Gasteiger partial charge in [-0.3, -0.25) is 10.5 Å². The van der Waals surface area contributed by atoms with Crippen molar-refractivity contribution in [1.82, 2.24) is 0 Å². The van der Waals surface area contributed by atoms with Crippen LogP contribution in [0.25, 0.3) is 0 Å². The number of benzene rings is 3. The molecule has 4 rings (SSSR count). The van der Waals surface area contributed by atoms with Crippen molar-refractivity contribution < 1.29 is 34.7 Å². The number of carbonyl (C=O) groups excluding carboxylic acids is 1. The average molecular weight is 578 g/mol. The molecule has 8 heteroatoms. The molecule has 2 atom stereocenters. The molecule has 42 heavy (non-hydrogen) atoms. The van der Waals surface area contributed by atoms with E-state index in [0.29, 0.717) is 12.8 Å². The number of aliphatic hydroxyl groups excluding tert-OH is 1. The maximum Gasteiger partial charge on any atom is 0.200 e. The number of hydrogen-bond acceptors (Lipinski definition) is 8. The van der Waals surface area contributed by atoms with Crippen molar-refractivity contribution in [3.63, 3.8) is 0 Å². The molecule has 1 aliphatic rings. The zero-order valence-corrected chi connectivity index (χ0v) is 24.3. The Morgan fingerprint density at radius 1 is 0.952 bits per heavy atom. The predicted octanol–water partition coefficient (Wildman–Crippen LogP) is 5.83. The fourth-order valence-corrected chi connectivity index (χ4v) is 6.42. The van der Waals surface area contributed by atoms with Gasteiger partial charge in [0.25, 0.3) is 0 Å². The van der Waals surface area contributed by atoms with Gasteiger partial charge in [-0.15, -0.1) is 0 Å². The van der Waals surface area contributed by atoms with E-state index >= 15 is 0 Å². The number of phenolic OH excluding ortho intramolecular Hbond substituents is 3. The summed E-state index contributed by atoms with van der Waals surface area (Å²) in [7, 11) is 1.44. The predicted molar refractivity (Wildman–Crippen MR) is 161 cm³/mol. The largest absolute Gasteiger partial charge is 0.504 e. The van der Waals surface area contributed by atoms with Crippen molar-refractivity contribution in [2.24, 2.45) is 5.73 Å². The summed E-state index contributed by atoms with van der Waals surface area (Å²) in [6.45, 7) is -0.0699. The van der Waals surface area contributed by atoms with Crippen LogP contribution in [0.15, 0.2) is 60.7 Å². The van der Waals surface area contributed by atoms with Crippen LogP contribution in [0, 0.1) is 0 Å². The van der Waals surface area contributed by atoms with E-state index in [2.05, 4.69) is 24.3 Å².